The van der Waals surface area contributed by atoms with E-state index in [1.165, 1.54) is 6.42 Å². The number of amides is 1. The highest BCUT2D eigenvalue weighted by atomic mass is 127. The number of carbonyl (C=O) groups is 1. The number of quaternary nitrogens is 1. The zero-order chi connectivity index (χ0) is 36.4. The summed E-state index contributed by atoms with van der Waals surface area (Å²) in [5.74, 6) is 0.156. The second-order valence-electron chi connectivity index (χ2n) is 14.6. The fraction of sp³-hybridized carbons (Fsp3) is 0.914. The van der Waals surface area contributed by atoms with E-state index < -0.39 is 74.6 Å². The van der Waals surface area contributed by atoms with Gasteiger partial charge in [0.05, 0.1) is 53.6 Å². The number of aliphatic hydroxyl groups is 7. The zero-order valence-corrected chi connectivity index (χ0v) is 32.7. The summed E-state index contributed by atoms with van der Waals surface area (Å²) in [4.78, 5) is 11.9. The maximum atomic E-state index is 11.9. The van der Waals surface area contributed by atoms with Crippen molar-refractivity contribution in [1.29, 1.82) is 0 Å². The Labute approximate surface area is 315 Å². The Balaban J connectivity index is 0.0000125. The standard InChI is InChI=1S/C35H66N2O12.HI/c1-24(18-16-14-12-10-8-6-5-7-9-11-13-15-17-19-27(40)36-20-21-37(2,3)4)46-35-33(31(44)29(42)26(23-39)48-35)49-34-32(45)30(43)28(41)25(22-38)47-34;/h5-6,24-26,28-35,38-39,41-45H,7-23H2,1-4H3;1H/b6-5-;/t24?,25?,26?,28-,29?,30+,31+,32?,33-,34?,35?;/m1./s1. The van der Waals surface area contributed by atoms with E-state index in [1.807, 2.05) is 6.92 Å². The molecule has 296 valence electrons. The fourth-order valence-electron chi connectivity index (χ4n) is 5.92. The number of hydrogen-bond acceptors (Lipinski definition) is 12. The molecule has 2 heterocycles. The quantitative estimate of drug-likeness (QED) is 0.0220. The molecule has 0 aromatic carbocycles. The van der Waals surface area contributed by atoms with E-state index in [1.54, 1.807) is 0 Å². The number of likely N-dealkylation sites (N-methyl/N-ethyl adjacent to an activating group) is 1. The second kappa shape index (κ2) is 25.5. The van der Waals surface area contributed by atoms with Gasteiger partial charge in [0.25, 0.3) is 0 Å². The Bertz CT molecular complexity index is 927. The molecule has 8 N–H and O–H groups in total. The van der Waals surface area contributed by atoms with E-state index >= 15 is 0 Å². The third kappa shape index (κ3) is 17.5. The maximum Gasteiger partial charge on any atom is 0.220 e. The maximum absolute atomic E-state index is 11.9. The summed E-state index contributed by atoms with van der Waals surface area (Å²) >= 11 is 0. The summed E-state index contributed by atoms with van der Waals surface area (Å²) in [6.45, 7) is 2.27. The lowest BCUT2D eigenvalue weighted by Crippen LogP contribution is -3.00. The molecule has 2 fully saturated rings. The van der Waals surface area contributed by atoms with Crippen molar-refractivity contribution < 1.29 is 87.9 Å². The average Bonchev–Trinajstić information content (AvgIpc) is 3.05. The number of ether oxygens (including phenoxy) is 4. The lowest BCUT2D eigenvalue weighted by molar-refractivity contribution is -0.869. The number of allylic oxidation sites excluding steroid dienone is 2. The summed E-state index contributed by atoms with van der Waals surface area (Å²) < 4.78 is 23.7. The number of aliphatic hydroxyl groups excluding tert-OH is 7. The van der Waals surface area contributed by atoms with Gasteiger partial charge in [-0.15, -0.1) is 0 Å². The van der Waals surface area contributed by atoms with Crippen molar-refractivity contribution >= 4 is 5.91 Å². The van der Waals surface area contributed by atoms with E-state index in [-0.39, 0.29) is 36.0 Å². The zero-order valence-electron chi connectivity index (χ0n) is 30.5. The summed E-state index contributed by atoms with van der Waals surface area (Å²) in [6, 6.07) is 0. The first-order valence-electron chi connectivity index (χ1n) is 18.2. The van der Waals surface area contributed by atoms with Crippen LogP contribution in [0.1, 0.15) is 90.4 Å². The lowest BCUT2D eigenvalue weighted by atomic mass is 9.97. The highest BCUT2D eigenvalue weighted by molar-refractivity contribution is 5.75. The first kappa shape index (κ1) is 47.5. The Morgan fingerprint density at radius 2 is 1.26 bits per heavy atom. The largest absolute Gasteiger partial charge is 1.00 e. The Morgan fingerprint density at radius 3 is 1.84 bits per heavy atom. The van der Waals surface area contributed by atoms with Crippen molar-refractivity contribution in [1.82, 2.24) is 5.32 Å². The van der Waals surface area contributed by atoms with Gasteiger partial charge in [0, 0.05) is 6.42 Å². The second-order valence-corrected chi connectivity index (χ2v) is 14.6. The molecule has 15 heteroatoms. The van der Waals surface area contributed by atoms with Gasteiger partial charge < -0.3 is 88.5 Å². The summed E-state index contributed by atoms with van der Waals surface area (Å²) in [7, 11) is 6.35. The molecule has 0 saturated carbocycles. The van der Waals surface area contributed by atoms with Gasteiger partial charge in [-0.25, -0.2) is 0 Å². The molecular formula is C35H67IN2O12. The minimum Gasteiger partial charge on any atom is -1.00 e. The minimum atomic E-state index is -1.71. The first-order valence-corrected chi connectivity index (χ1v) is 18.2. The van der Waals surface area contributed by atoms with E-state index in [2.05, 4.69) is 38.6 Å². The van der Waals surface area contributed by atoms with Gasteiger partial charge in [0.2, 0.25) is 5.91 Å². The molecule has 7 unspecified atom stereocenters. The van der Waals surface area contributed by atoms with Crippen LogP contribution in [-0.4, -0.2) is 161 Å². The molecule has 0 bridgehead atoms. The van der Waals surface area contributed by atoms with Crippen molar-refractivity contribution in [3.8, 4) is 0 Å². The molecule has 0 spiro atoms. The van der Waals surface area contributed by atoms with Crippen LogP contribution in [0.25, 0.3) is 0 Å². The Hall–Kier alpha value is -0.540. The monoisotopic (exact) mass is 834 g/mol. The molecule has 0 aliphatic carbocycles. The molecule has 2 rings (SSSR count). The van der Waals surface area contributed by atoms with Crippen molar-refractivity contribution in [2.45, 2.75) is 158 Å². The third-order valence-corrected chi connectivity index (χ3v) is 9.11. The van der Waals surface area contributed by atoms with Gasteiger partial charge in [-0.1, -0.05) is 50.7 Å². The fourth-order valence-corrected chi connectivity index (χ4v) is 5.92. The van der Waals surface area contributed by atoms with Crippen molar-refractivity contribution in [2.75, 3.05) is 47.4 Å². The van der Waals surface area contributed by atoms with Gasteiger partial charge >= 0.3 is 0 Å². The molecule has 50 heavy (non-hydrogen) atoms. The van der Waals surface area contributed by atoms with Crippen LogP contribution >= 0.6 is 0 Å². The predicted molar refractivity (Wildman–Crippen MR) is 182 cm³/mol. The molecule has 2 aliphatic rings. The normalized spacial score (nSPS) is 31.0. The van der Waals surface area contributed by atoms with Crippen molar-refractivity contribution in [2.24, 2.45) is 0 Å². The molecule has 1 amide bonds. The van der Waals surface area contributed by atoms with Crippen LogP contribution in [0.3, 0.4) is 0 Å². The molecule has 0 radical (unpaired) electrons. The molecule has 0 aromatic rings. The van der Waals surface area contributed by atoms with Crippen LogP contribution in [0.4, 0.5) is 0 Å². The van der Waals surface area contributed by atoms with E-state index in [0.717, 1.165) is 81.8 Å². The van der Waals surface area contributed by atoms with Gasteiger partial charge in [0.15, 0.2) is 12.6 Å². The van der Waals surface area contributed by atoms with Crippen LogP contribution in [-0.2, 0) is 23.7 Å². The summed E-state index contributed by atoms with van der Waals surface area (Å²) in [5.41, 5.74) is 0. The molecule has 2 saturated heterocycles. The highest BCUT2D eigenvalue weighted by Gasteiger charge is 2.51. The number of nitrogens with one attached hydrogen (secondary N) is 1. The number of rotatable bonds is 24. The van der Waals surface area contributed by atoms with E-state index in [4.69, 9.17) is 18.9 Å². The lowest BCUT2D eigenvalue weighted by Gasteiger charge is -2.46. The number of nitrogens with zero attached hydrogens (tertiary/aromatic N) is 1. The van der Waals surface area contributed by atoms with Crippen LogP contribution in [0.2, 0.25) is 0 Å². The van der Waals surface area contributed by atoms with Crippen molar-refractivity contribution in [3.05, 3.63) is 12.2 Å². The van der Waals surface area contributed by atoms with Gasteiger partial charge in [-0.3, -0.25) is 4.79 Å². The molecular weight excluding hydrogens is 767 g/mol. The van der Waals surface area contributed by atoms with Crippen LogP contribution < -0.4 is 29.3 Å². The number of unbranched alkanes of at least 4 members (excludes halogenated alkanes) is 9. The first-order chi connectivity index (χ1) is 23.3. The van der Waals surface area contributed by atoms with Crippen LogP contribution in [0.15, 0.2) is 12.2 Å². The number of carbonyl (C=O) groups excluding carboxylic acids is 1. The topological polar surface area (TPSA) is 208 Å². The summed E-state index contributed by atoms with van der Waals surface area (Å²) in [5, 5.41) is 73.9. The third-order valence-electron chi connectivity index (χ3n) is 9.11. The highest BCUT2D eigenvalue weighted by Crippen LogP contribution is 2.30. The molecule has 2 aliphatic heterocycles. The van der Waals surface area contributed by atoms with Crippen LogP contribution in [0.5, 0.6) is 0 Å². The van der Waals surface area contributed by atoms with E-state index in [9.17, 15) is 40.5 Å². The molecule has 11 atom stereocenters. The average molecular weight is 835 g/mol. The number of hydrogen-bond donors (Lipinski definition) is 8. The molecule has 14 nitrogen and oxygen atoms in total. The van der Waals surface area contributed by atoms with Gasteiger partial charge in [-0.05, 0) is 45.4 Å². The van der Waals surface area contributed by atoms with Crippen LogP contribution in [0, 0.1) is 0 Å². The van der Waals surface area contributed by atoms with Gasteiger partial charge in [-0.2, -0.15) is 0 Å². The summed E-state index contributed by atoms with van der Waals surface area (Å²) in [6.07, 6.45) is 2.57. The Morgan fingerprint density at radius 1 is 0.740 bits per heavy atom. The van der Waals surface area contributed by atoms with Gasteiger partial charge in [0.1, 0.15) is 48.8 Å². The predicted octanol–water partition coefficient (Wildman–Crippen LogP) is -2.53. The minimum absolute atomic E-state index is 0. The Kier molecular flexibility index (Phi) is 24.2. The SMILES string of the molecule is CC(CCCCCC/C=C\CCCCCCCC(=O)NCC[N+](C)(C)C)OC1OC(CO)C(O)[C@H](O)[C@H]1OC1OC(CO)[C@@H](O)[C@H](O)C1O.[I-]. The van der Waals surface area contributed by atoms with E-state index in [0.29, 0.717) is 12.8 Å². The smallest absolute Gasteiger partial charge is 0.220 e. The van der Waals surface area contributed by atoms with Crippen molar-refractivity contribution in [3.63, 3.8) is 0 Å². The number of halogens is 1. The molecule has 0 aromatic heterocycles.